The molecule has 1 saturated heterocycles. The molecule has 1 aliphatic rings. The third-order valence-corrected chi connectivity index (χ3v) is 3.12. The summed E-state index contributed by atoms with van der Waals surface area (Å²) < 4.78 is 32.0. The molecule has 0 aromatic heterocycles. The van der Waals surface area contributed by atoms with Crippen LogP contribution in [0.3, 0.4) is 0 Å². The lowest BCUT2D eigenvalue weighted by Crippen LogP contribution is -2.30. The van der Waals surface area contributed by atoms with Crippen LogP contribution >= 0.6 is 0 Å². The van der Waals surface area contributed by atoms with Gasteiger partial charge in [-0.2, -0.15) is 4.39 Å². The van der Waals surface area contributed by atoms with Crippen LogP contribution in [0, 0.1) is 21.7 Å². The van der Waals surface area contributed by atoms with Gasteiger partial charge in [0.1, 0.15) is 11.5 Å². The molecule has 1 N–H and O–H groups in total. The van der Waals surface area contributed by atoms with E-state index in [1.807, 2.05) is 0 Å². The van der Waals surface area contributed by atoms with E-state index in [9.17, 15) is 18.9 Å². The molecule has 2 unspecified atom stereocenters. The van der Waals surface area contributed by atoms with Crippen molar-refractivity contribution < 1.29 is 18.4 Å². The first-order valence-electron chi connectivity index (χ1n) is 6.00. The van der Waals surface area contributed by atoms with Crippen molar-refractivity contribution in [3.8, 4) is 0 Å². The molecule has 0 saturated carbocycles. The van der Waals surface area contributed by atoms with E-state index in [-0.39, 0.29) is 17.8 Å². The molecule has 0 radical (unpaired) electrons. The number of rotatable bonds is 4. The average molecular weight is 272 g/mol. The first-order chi connectivity index (χ1) is 8.99. The van der Waals surface area contributed by atoms with Gasteiger partial charge in [-0.05, 0) is 19.8 Å². The fourth-order valence-corrected chi connectivity index (χ4v) is 2.20. The molecule has 0 amide bonds. The van der Waals surface area contributed by atoms with Crippen LogP contribution in [0.4, 0.5) is 20.2 Å². The molecule has 104 valence electrons. The summed E-state index contributed by atoms with van der Waals surface area (Å²) in [6.07, 6.45) is 1.63. The van der Waals surface area contributed by atoms with Gasteiger partial charge in [-0.15, -0.1) is 0 Å². The molecular weight excluding hydrogens is 258 g/mol. The van der Waals surface area contributed by atoms with Crippen LogP contribution in [0.2, 0.25) is 0 Å². The van der Waals surface area contributed by atoms with E-state index in [4.69, 9.17) is 4.74 Å². The van der Waals surface area contributed by atoms with Crippen molar-refractivity contribution in [2.75, 3.05) is 11.9 Å². The zero-order valence-electron chi connectivity index (χ0n) is 10.4. The Balaban J connectivity index is 2.25. The van der Waals surface area contributed by atoms with E-state index in [0.29, 0.717) is 12.7 Å². The monoisotopic (exact) mass is 272 g/mol. The number of nitro benzene ring substituents is 1. The molecule has 2 atom stereocenters. The Kier molecular flexibility index (Phi) is 3.94. The maximum Gasteiger partial charge on any atom is 0.327 e. The maximum absolute atomic E-state index is 13.4. The summed E-state index contributed by atoms with van der Waals surface area (Å²) in [6, 6.07) is 1.16. The SMILES string of the molecule is CC(Nc1cc(F)cc(F)c1[N+](=O)[O-])C1CCCO1. The van der Waals surface area contributed by atoms with E-state index in [1.54, 1.807) is 6.92 Å². The highest BCUT2D eigenvalue weighted by molar-refractivity contribution is 5.62. The number of anilines is 1. The first-order valence-corrected chi connectivity index (χ1v) is 6.00. The van der Waals surface area contributed by atoms with Gasteiger partial charge < -0.3 is 10.1 Å². The van der Waals surface area contributed by atoms with Crippen LogP contribution in [0.25, 0.3) is 0 Å². The summed E-state index contributed by atoms with van der Waals surface area (Å²) in [5.74, 6) is -2.04. The molecule has 0 bridgehead atoms. The number of ether oxygens (including phenoxy) is 1. The van der Waals surface area contributed by atoms with Gasteiger partial charge in [-0.3, -0.25) is 10.1 Å². The number of nitrogens with zero attached hydrogens (tertiary/aromatic N) is 1. The van der Waals surface area contributed by atoms with Crippen LogP contribution in [-0.4, -0.2) is 23.7 Å². The third kappa shape index (κ3) is 2.98. The number of hydrogen-bond donors (Lipinski definition) is 1. The number of nitrogens with one attached hydrogen (secondary N) is 1. The van der Waals surface area contributed by atoms with Gasteiger partial charge in [-0.1, -0.05) is 0 Å². The Labute approximate surface area is 108 Å². The van der Waals surface area contributed by atoms with E-state index >= 15 is 0 Å². The third-order valence-electron chi connectivity index (χ3n) is 3.12. The predicted molar refractivity (Wildman–Crippen MR) is 65.1 cm³/mol. The summed E-state index contributed by atoms with van der Waals surface area (Å²) in [7, 11) is 0. The molecule has 0 spiro atoms. The topological polar surface area (TPSA) is 64.4 Å². The second-order valence-electron chi connectivity index (χ2n) is 4.53. The molecule has 1 aromatic carbocycles. The van der Waals surface area contributed by atoms with Crippen molar-refractivity contribution in [2.45, 2.75) is 31.9 Å². The van der Waals surface area contributed by atoms with E-state index in [1.165, 1.54) is 0 Å². The number of nitro groups is 1. The molecule has 1 aromatic rings. The quantitative estimate of drug-likeness (QED) is 0.676. The molecule has 1 fully saturated rings. The summed E-state index contributed by atoms with van der Waals surface area (Å²) in [4.78, 5) is 9.97. The summed E-state index contributed by atoms with van der Waals surface area (Å²) in [6.45, 7) is 2.40. The molecule has 5 nitrogen and oxygen atoms in total. The normalized spacial score (nSPS) is 20.3. The zero-order chi connectivity index (χ0) is 14.0. The number of halogens is 2. The molecule has 7 heteroatoms. The van der Waals surface area contributed by atoms with Crippen molar-refractivity contribution >= 4 is 11.4 Å². The lowest BCUT2D eigenvalue weighted by atomic mass is 10.1. The Morgan fingerprint density at radius 3 is 2.84 bits per heavy atom. The van der Waals surface area contributed by atoms with Crippen LogP contribution in [0.1, 0.15) is 19.8 Å². The van der Waals surface area contributed by atoms with Crippen molar-refractivity contribution in [2.24, 2.45) is 0 Å². The largest absolute Gasteiger partial charge is 0.376 e. The van der Waals surface area contributed by atoms with Gasteiger partial charge in [0.05, 0.1) is 11.0 Å². The molecule has 1 aliphatic heterocycles. The van der Waals surface area contributed by atoms with Crippen LogP contribution in [0.15, 0.2) is 12.1 Å². The highest BCUT2D eigenvalue weighted by Gasteiger charge is 2.27. The zero-order valence-corrected chi connectivity index (χ0v) is 10.4. The Morgan fingerprint density at radius 2 is 2.26 bits per heavy atom. The van der Waals surface area contributed by atoms with Gasteiger partial charge in [0, 0.05) is 24.8 Å². The van der Waals surface area contributed by atoms with Crippen LogP contribution in [-0.2, 0) is 4.74 Å². The van der Waals surface area contributed by atoms with Gasteiger partial charge in [0.25, 0.3) is 0 Å². The average Bonchev–Trinajstić information content (AvgIpc) is 2.80. The van der Waals surface area contributed by atoms with Crippen LogP contribution < -0.4 is 5.32 Å². The van der Waals surface area contributed by atoms with Crippen molar-refractivity contribution in [1.29, 1.82) is 0 Å². The van der Waals surface area contributed by atoms with Crippen molar-refractivity contribution in [3.05, 3.63) is 33.9 Å². The van der Waals surface area contributed by atoms with Gasteiger partial charge in [0.2, 0.25) is 5.82 Å². The van der Waals surface area contributed by atoms with E-state index in [0.717, 1.165) is 18.9 Å². The number of benzene rings is 1. The number of hydrogen-bond acceptors (Lipinski definition) is 4. The van der Waals surface area contributed by atoms with E-state index < -0.39 is 22.2 Å². The molecule has 19 heavy (non-hydrogen) atoms. The van der Waals surface area contributed by atoms with Gasteiger partial charge in [-0.25, -0.2) is 4.39 Å². The summed E-state index contributed by atoms with van der Waals surface area (Å²) >= 11 is 0. The molecule has 2 rings (SSSR count). The molecular formula is C12H14F2N2O3. The van der Waals surface area contributed by atoms with E-state index in [2.05, 4.69) is 5.32 Å². The minimum absolute atomic E-state index is 0.106. The lowest BCUT2D eigenvalue weighted by molar-refractivity contribution is -0.386. The highest BCUT2D eigenvalue weighted by atomic mass is 19.1. The minimum Gasteiger partial charge on any atom is -0.376 e. The smallest absolute Gasteiger partial charge is 0.327 e. The minimum atomic E-state index is -1.19. The van der Waals surface area contributed by atoms with Crippen LogP contribution in [0.5, 0.6) is 0 Å². The van der Waals surface area contributed by atoms with Gasteiger partial charge in [0.15, 0.2) is 0 Å². The second-order valence-corrected chi connectivity index (χ2v) is 4.53. The molecule has 0 aliphatic carbocycles. The van der Waals surface area contributed by atoms with Gasteiger partial charge >= 0.3 is 5.69 Å². The summed E-state index contributed by atoms with van der Waals surface area (Å²) in [5, 5.41) is 13.6. The summed E-state index contributed by atoms with van der Waals surface area (Å²) in [5.41, 5.74) is -0.906. The first kappa shape index (κ1) is 13.7. The molecule has 1 heterocycles. The highest BCUT2D eigenvalue weighted by Crippen LogP contribution is 2.30. The lowest BCUT2D eigenvalue weighted by Gasteiger charge is -2.21. The standard InChI is InChI=1S/C12H14F2N2O3/c1-7(11-3-2-4-19-11)15-10-6-8(13)5-9(14)12(10)16(17)18/h5-7,11,15H,2-4H2,1H3. The Morgan fingerprint density at radius 1 is 1.53 bits per heavy atom. The second kappa shape index (κ2) is 5.48. The fourth-order valence-electron chi connectivity index (χ4n) is 2.20. The Bertz CT molecular complexity index is 490. The maximum atomic E-state index is 13.4. The van der Waals surface area contributed by atoms with Crippen molar-refractivity contribution in [3.63, 3.8) is 0 Å². The fraction of sp³-hybridized carbons (Fsp3) is 0.500. The Hall–Kier alpha value is -1.76. The van der Waals surface area contributed by atoms with Crippen molar-refractivity contribution in [1.82, 2.24) is 0 Å². The predicted octanol–water partition coefficient (Wildman–Crippen LogP) is 2.85.